The number of benzene rings is 1. The van der Waals surface area contributed by atoms with Crippen LogP contribution in [0.2, 0.25) is 0 Å². The Morgan fingerprint density at radius 2 is 1.86 bits per heavy atom. The molecule has 1 aromatic carbocycles. The maximum Gasteiger partial charge on any atom is 0.289 e. The monoisotopic (exact) mass is 406 g/mol. The Morgan fingerprint density at radius 3 is 2.50 bits per heavy atom. The third kappa shape index (κ3) is 3.66. The Bertz CT molecular complexity index is 967. The van der Waals surface area contributed by atoms with Crippen molar-refractivity contribution in [1.29, 1.82) is 0 Å². The first-order valence-electron chi connectivity index (χ1n) is 9.25. The van der Waals surface area contributed by atoms with Gasteiger partial charge in [0.2, 0.25) is 10.0 Å². The summed E-state index contributed by atoms with van der Waals surface area (Å²) < 4.78 is 38.8. The highest BCUT2D eigenvalue weighted by Crippen LogP contribution is 2.32. The minimum Gasteiger partial charge on any atom is -0.496 e. The van der Waals surface area contributed by atoms with Gasteiger partial charge in [0.25, 0.3) is 5.91 Å². The first-order valence-corrected chi connectivity index (χ1v) is 10.7. The van der Waals surface area contributed by atoms with Crippen molar-refractivity contribution < 1.29 is 22.4 Å². The highest BCUT2D eigenvalue weighted by molar-refractivity contribution is 7.89. The van der Waals surface area contributed by atoms with Gasteiger partial charge in [0.1, 0.15) is 5.75 Å². The quantitative estimate of drug-likeness (QED) is 0.780. The molecule has 0 saturated carbocycles. The summed E-state index contributed by atoms with van der Waals surface area (Å²) in [6.07, 6.45) is 2.03. The largest absolute Gasteiger partial charge is 0.496 e. The molecule has 152 valence electrons. The number of hydrogen-bond donors (Lipinski definition) is 0. The van der Waals surface area contributed by atoms with Crippen LogP contribution in [0, 0.1) is 20.8 Å². The lowest BCUT2D eigenvalue weighted by Crippen LogP contribution is -2.37. The topological polar surface area (TPSA) is 80.1 Å². The Kier molecular flexibility index (Phi) is 5.81. The fraction of sp³-hybridized carbons (Fsp3) is 0.450. The maximum absolute atomic E-state index is 13.4. The molecule has 3 rings (SSSR count). The fourth-order valence-electron chi connectivity index (χ4n) is 3.65. The maximum atomic E-state index is 13.4. The standard InChI is InChI=1S/C20H26N2O5S/c1-14-13-18(26-4)15(2)16(3)19(14)28(24,25)22-9-6-8-21(10-11-22)20(23)17-7-5-12-27-17/h5,7,12-13H,6,8-11H2,1-4H3. The van der Waals surface area contributed by atoms with Gasteiger partial charge in [-0.2, -0.15) is 4.31 Å². The molecule has 1 amide bonds. The Balaban J connectivity index is 1.86. The molecule has 0 atom stereocenters. The highest BCUT2D eigenvalue weighted by atomic mass is 32.2. The van der Waals surface area contributed by atoms with E-state index in [0.717, 1.165) is 5.56 Å². The van der Waals surface area contributed by atoms with Gasteiger partial charge in [-0.3, -0.25) is 4.79 Å². The number of carbonyl (C=O) groups excluding carboxylic acids is 1. The van der Waals surface area contributed by atoms with Gasteiger partial charge >= 0.3 is 0 Å². The van der Waals surface area contributed by atoms with Crippen LogP contribution in [-0.4, -0.2) is 56.8 Å². The third-order valence-electron chi connectivity index (χ3n) is 5.27. The second kappa shape index (κ2) is 7.97. The lowest BCUT2D eigenvalue weighted by Gasteiger charge is -2.24. The lowest BCUT2D eigenvalue weighted by atomic mass is 10.1. The molecule has 28 heavy (non-hydrogen) atoms. The summed E-state index contributed by atoms with van der Waals surface area (Å²) in [4.78, 5) is 14.5. The molecule has 0 bridgehead atoms. The fourth-order valence-corrected chi connectivity index (χ4v) is 5.61. The summed E-state index contributed by atoms with van der Waals surface area (Å²) in [5, 5.41) is 0. The van der Waals surface area contributed by atoms with Crippen LogP contribution in [0.3, 0.4) is 0 Å². The van der Waals surface area contributed by atoms with Gasteiger partial charge in [0.15, 0.2) is 5.76 Å². The normalized spacial score (nSPS) is 16.1. The Morgan fingerprint density at radius 1 is 1.11 bits per heavy atom. The molecule has 1 aromatic heterocycles. The van der Waals surface area contributed by atoms with E-state index in [-0.39, 0.29) is 18.2 Å². The van der Waals surface area contributed by atoms with Crippen LogP contribution in [0.5, 0.6) is 5.75 Å². The highest BCUT2D eigenvalue weighted by Gasteiger charge is 2.32. The summed E-state index contributed by atoms with van der Waals surface area (Å²) in [7, 11) is -2.10. The Hall–Kier alpha value is -2.32. The summed E-state index contributed by atoms with van der Waals surface area (Å²) in [6, 6.07) is 5.05. The van der Waals surface area contributed by atoms with Gasteiger partial charge < -0.3 is 14.1 Å². The second-order valence-corrected chi connectivity index (χ2v) is 8.88. The molecule has 1 aliphatic heterocycles. The Labute approximate surface area is 165 Å². The summed E-state index contributed by atoms with van der Waals surface area (Å²) in [5.41, 5.74) is 2.17. The molecule has 0 aliphatic carbocycles. The molecular formula is C20H26N2O5S. The van der Waals surface area contributed by atoms with E-state index in [4.69, 9.17) is 9.15 Å². The molecule has 1 fully saturated rings. The van der Waals surface area contributed by atoms with Crippen molar-refractivity contribution in [3.8, 4) is 5.75 Å². The number of nitrogens with zero attached hydrogens (tertiary/aromatic N) is 2. The van der Waals surface area contributed by atoms with Crippen molar-refractivity contribution in [2.75, 3.05) is 33.3 Å². The van der Waals surface area contributed by atoms with Crippen LogP contribution >= 0.6 is 0 Å². The molecule has 0 spiro atoms. The van der Waals surface area contributed by atoms with Crippen molar-refractivity contribution in [2.45, 2.75) is 32.1 Å². The van der Waals surface area contributed by atoms with Gasteiger partial charge in [0.05, 0.1) is 18.3 Å². The van der Waals surface area contributed by atoms with Crippen LogP contribution in [-0.2, 0) is 10.0 Å². The number of sulfonamides is 1. The number of methoxy groups -OCH3 is 1. The zero-order valence-electron chi connectivity index (χ0n) is 16.7. The molecule has 0 unspecified atom stereocenters. The second-order valence-electron chi connectivity index (χ2n) is 7.00. The predicted octanol–water partition coefficient (Wildman–Crippen LogP) is 2.75. The van der Waals surface area contributed by atoms with Gasteiger partial charge in [-0.25, -0.2) is 8.42 Å². The molecule has 2 heterocycles. The molecule has 2 aromatic rings. The number of rotatable bonds is 4. The molecule has 0 N–H and O–H groups in total. The third-order valence-corrected chi connectivity index (χ3v) is 7.46. The van der Waals surface area contributed by atoms with Crippen LogP contribution in [0.1, 0.15) is 33.7 Å². The van der Waals surface area contributed by atoms with E-state index < -0.39 is 10.0 Å². The van der Waals surface area contributed by atoms with E-state index in [1.54, 1.807) is 37.1 Å². The molecule has 1 aliphatic rings. The molecule has 8 heteroatoms. The van der Waals surface area contributed by atoms with E-state index in [1.165, 1.54) is 10.6 Å². The molecule has 0 radical (unpaired) electrons. The average molecular weight is 407 g/mol. The molecular weight excluding hydrogens is 380 g/mol. The van der Waals surface area contributed by atoms with Gasteiger partial charge in [-0.15, -0.1) is 0 Å². The zero-order chi connectivity index (χ0) is 20.5. The van der Waals surface area contributed by atoms with E-state index in [2.05, 4.69) is 0 Å². The number of carbonyl (C=O) groups is 1. The summed E-state index contributed by atoms with van der Waals surface area (Å²) >= 11 is 0. The average Bonchev–Trinajstić information content (AvgIpc) is 3.07. The van der Waals surface area contributed by atoms with Crippen LogP contribution in [0.15, 0.2) is 33.8 Å². The minimum atomic E-state index is -3.68. The van der Waals surface area contributed by atoms with Crippen molar-refractivity contribution in [3.63, 3.8) is 0 Å². The van der Waals surface area contributed by atoms with Crippen molar-refractivity contribution >= 4 is 15.9 Å². The predicted molar refractivity (Wildman–Crippen MR) is 105 cm³/mol. The van der Waals surface area contributed by atoms with E-state index in [9.17, 15) is 13.2 Å². The van der Waals surface area contributed by atoms with Gasteiger partial charge in [0, 0.05) is 26.2 Å². The first-order chi connectivity index (χ1) is 13.3. The number of hydrogen-bond acceptors (Lipinski definition) is 5. The summed E-state index contributed by atoms with van der Waals surface area (Å²) in [6.45, 7) is 6.89. The number of furan rings is 1. The number of ether oxygens (including phenoxy) is 1. The minimum absolute atomic E-state index is 0.211. The van der Waals surface area contributed by atoms with Crippen molar-refractivity contribution in [1.82, 2.24) is 9.21 Å². The number of amides is 1. The van der Waals surface area contributed by atoms with E-state index in [1.807, 2.05) is 13.8 Å². The lowest BCUT2D eigenvalue weighted by molar-refractivity contribution is 0.0732. The molecule has 1 saturated heterocycles. The van der Waals surface area contributed by atoms with Crippen LogP contribution in [0.4, 0.5) is 0 Å². The van der Waals surface area contributed by atoms with Crippen molar-refractivity contribution in [3.05, 3.63) is 46.9 Å². The summed E-state index contributed by atoms with van der Waals surface area (Å²) in [5.74, 6) is 0.741. The van der Waals surface area contributed by atoms with Gasteiger partial charge in [-0.05, 0) is 62.1 Å². The SMILES string of the molecule is COc1cc(C)c(S(=O)(=O)N2CCCN(C(=O)c3ccco3)CC2)c(C)c1C. The van der Waals surface area contributed by atoms with Crippen LogP contribution < -0.4 is 4.74 Å². The van der Waals surface area contributed by atoms with E-state index >= 15 is 0 Å². The molecule has 7 nitrogen and oxygen atoms in total. The number of aryl methyl sites for hydroxylation is 1. The first kappa shape index (κ1) is 20.4. The van der Waals surface area contributed by atoms with Gasteiger partial charge in [-0.1, -0.05) is 0 Å². The smallest absolute Gasteiger partial charge is 0.289 e. The van der Waals surface area contributed by atoms with Crippen LogP contribution in [0.25, 0.3) is 0 Å². The van der Waals surface area contributed by atoms with Crippen molar-refractivity contribution in [2.24, 2.45) is 0 Å². The van der Waals surface area contributed by atoms with E-state index in [0.29, 0.717) is 47.8 Å². The zero-order valence-corrected chi connectivity index (χ0v) is 17.5.